The second-order valence-corrected chi connectivity index (χ2v) is 6.15. The van der Waals surface area contributed by atoms with Crippen molar-refractivity contribution in [3.63, 3.8) is 0 Å². The summed E-state index contributed by atoms with van der Waals surface area (Å²) in [7, 11) is 0. The lowest BCUT2D eigenvalue weighted by Crippen LogP contribution is -2.24. The first-order valence-corrected chi connectivity index (χ1v) is 7.73. The van der Waals surface area contributed by atoms with E-state index >= 15 is 0 Å². The van der Waals surface area contributed by atoms with Crippen LogP contribution in [0.5, 0.6) is 0 Å². The van der Waals surface area contributed by atoms with E-state index in [1.807, 2.05) is 0 Å². The first-order valence-electron chi connectivity index (χ1n) is 7.35. The molecule has 0 aliphatic heterocycles. The highest BCUT2D eigenvalue weighted by Crippen LogP contribution is 2.28. The zero-order valence-corrected chi connectivity index (χ0v) is 12.1. The predicted molar refractivity (Wildman–Crippen MR) is 78.9 cm³/mol. The van der Waals surface area contributed by atoms with Gasteiger partial charge in [-0.1, -0.05) is 49.8 Å². The lowest BCUT2D eigenvalue weighted by molar-refractivity contribution is 0.322. The molecule has 19 heavy (non-hydrogen) atoms. The average molecular weight is 284 g/mol. The third-order valence-electron chi connectivity index (χ3n) is 4.20. The highest BCUT2D eigenvalue weighted by molar-refractivity contribution is 6.31. The minimum absolute atomic E-state index is 0.0105. The molecule has 2 rings (SSSR count). The van der Waals surface area contributed by atoms with Gasteiger partial charge in [0, 0.05) is 16.6 Å². The number of hydrogen-bond donors (Lipinski definition) is 1. The highest BCUT2D eigenvalue weighted by Gasteiger charge is 2.16. The summed E-state index contributed by atoms with van der Waals surface area (Å²) in [5.74, 6) is 0.594. The second kappa shape index (κ2) is 7.25. The second-order valence-electron chi connectivity index (χ2n) is 5.75. The molecule has 0 amide bonds. The van der Waals surface area contributed by atoms with Crippen LogP contribution < -0.4 is 5.73 Å². The standard InChI is InChI=1S/C16H23ClFN/c17-15-7-4-8-16(18)14(15)11-13(19)10-9-12-5-2-1-3-6-12/h4,7-8,12-13H,1-3,5-6,9-11,19H2. The topological polar surface area (TPSA) is 26.0 Å². The van der Waals surface area contributed by atoms with E-state index in [1.165, 1.54) is 44.6 Å². The van der Waals surface area contributed by atoms with Crippen LogP contribution in [-0.2, 0) is 6.42 Å². The minimum atomic E-state index is -0.236. The zero-order chi connectivity index (χ0) is 13.7. The third kappa shape index (κ3) is 4.47. The van der Waals surface area contributed by atoms with Gasteiger partial charge in [-0.05, 0) is 37.3 Å². The van der Waals surface area contributed by atoms with Gasteiger partial charge in [0.25, 0.3) is 0 Å². The van der Waals surface area contributed by atoms with Crippen molar-refractivity contribution in [3.05, 3.63) is 34.6 Å². The van der Waals surface area contributed by atoms with Crippen LogP contribution in [0.4, 0.5) is 4.39 Å². The SMILES string of the molecule is NC(CCC1CCCCC1)Cc1c(F)cccc1Cl. The molecule has 1 aliphatic carbocycles. The van der Waals surface area contributed by atoms with Crippen LogP contribution in [0.3, 0.4) is 0 Å². The Labute approximate surface area is 120 Å². The van der Waals surface area contributed by atoms with Gasteiger partial charge in [-0.15, -0.1) is 0 Å². The van der Waals surface area contributed by atoms with E-state index in [0.717, 1.165) is 12.3 Å². The fraction of sp³-hybridized carbons (Fsp3) is 0.625. The van der Waals surface area contributed by atoms with Gasteiger partial charge >= 0.3 is 0 Å². The van der Waals surface area contributed by atoms with Crippen LogP contribution >= 0.6 is 11.6 Å². The Morgan fingerprint density at radius 1 is 1.26 bits per heavy atom. The molecule has 0 spiro atoms. The number of nitrogens with two attached hydrogens (primary N) is 1. The molecule has 0 bridgehead atoms. The van der Waals surface area contributed by atoms with Gasteiger partial charge in [-0.25, -0.2) is 4.39 Å². The van der Waals surface area contributed by atoms with E-state index in [9.17, 15) is 4.39 Å². The van der Waals surface area contributed by atoms with Crippen molar-refractivity contribution in [2.24, 2.45) is 11.7 Å². The molecular formula is C16H23ClFN. The Kier molecular flexibility index (Phi) is 5.65. The van der Waals surface area contributed by atoms with E-state index < -0.39 is 0 Å². The fourth-order valence-electron chi connectivity index (χ4n) is 3.02. The van der Waals surface area contributed by atoms with Crippen molar-refractivity contribution in [1.29, 1.82) is 0 Å². The van der Waals surface area contributed by atoms with Crippen LogP contribution in [0.2, 0.25) is 5.02 Å². The van der Waals surface area contributed by atoms with Gasteiger partial charge in [0.15, 0.2) is 0 Å². The van der Waals surface area contributed by atoms with Crippen LogP contribution in [-0.4, -0.2) is 6.04 Å². The van der Waals surface area contributed by atoms with Gasteiger partial charge in [0.05, 0.1) is 0 Å². The van der Waals surface area contributed by atoms with Gasteiger partial charge in [0.1, 0.15) is 5.82 Å². The number of hydrogen-bond acceptors (Lipinski definition) is 1. The van der Waals surface area contributed by atoms with Crippen molar-refractivity contribution in [3.8, 4) is 0 Å². The fourth-order valence-corrected chi connectivity index (χ4v) is 3.26. The molecule has 0 saturated heterocycles. The molecule has 1 fully saturated rings. The van der Waals surface area contributed by atoms with Crippen molar-refractivity contribution in [2.45, 2.75) is 57.4 Å². The highest BCUT2D eigenvalue weighted by atomic mass is 35.5. The maximum atomic E-state index is 13.7. The molecule has 1 nitrogen and oxygen atoms in total. The van der Waals surface area contributed by atoms with Crippen LogP contribution in [0.25, 0.3) is 0 Å². The maximum absolute atomic E-state index is 13.7. The average Bonchev–Trinajstić information content (AvgIpc) is 2.42. The monoisotopic (exact) mass is 283 g/mol. The summed E-state index contributed by atoms with van der Waals surface area (Å²) in [5.41, 5.74) is 6.71. The Hall–Kier alpha value is -0.600. The van der Waals surface area contributed by atoms with Crippen LogP contribution in [0.15, 0.2) is 18.2 Å². The summed E-state index contributed by atoms with van der Waals surface area (Å²) in [5, 5.41) is 0.494. The summed E-state index contributed by atoms with van der Waals surface area (Å²) >= 11 is 6.03. The largest absolute Gasteiger partial charge is 0.327 e. The predicted octanol–water partition coefficient (Wildman–Crippen LogP) is 4.71. The molecule has 106 valence electrons. The summed E-state index contributed by atoms with van der Waals surface area (Å²) in [6.45, 7) is 0. The first kappa shape index (κ1) is 14.8. The Bertz CT molecular complexity index is 381. The van der Waals surface area contributed by atoms with Gasteiger partial charge < -0.3 is 5.73 Å². The molecule has 1 unspecified atom stereocenters. The van der Waals surface area contributed by atoms with Crippen LogP contribution in [0, 0.1) is 11.7 Å². The summed E-state index contributed by atoms with van der Waals surface area (Å²) in [6.07, 6.45) is 9.46. The molecule has 3 heteroatoms. The number of rotatable bonds is 5. The van der Waals surface area contributed by atoms with E-state index in [2.05, 4.69) is 0 Å². The van der Waals surface area contributed by atoms with E-state index in [0.29, 0.717) is 17.0 Å². The summed E-state index contributed by atoms with van der Waals surface area (Å²) in [4.78, 5) is 0. The summed E-state index contributed by atoms with van der Waals surface area (Å²) in [6, 6.07) is 4.83. The lowest BCUT2D eigenvalue weighted by atomic mass is 9.85. The van der Waals surface area contributed by atoms with Gasteiger partial charge in [-0.2, -0.15) is 0 Å². The van der Waals surface area contributed by atoms with Crippen molar-refractivity contribution < 1.29 is 4.39 Å². The Balaban J connectivity index is 1.82. The molecule has 1 saturated carbocycles. The molecule has 0 heterocycles. The number of halogens is 2. The van der Waals surface area contributed by atoms with Gasteiger partial charge in [0.2, 0.25) is 0 Å². The zero-order valence-electron chi connectivity index (χ0n) is 11.4. The van der Waals surface area contributed by atoms with E-state index in [-0.39, 0.29) is 11.9 Å². The maximum Gasteiger partial charge on any atom is 0.127 e. The van der Waals surface area contributed by atoms with Crippen LogP contribution in [0.1, 0.15) is 50.5 Å². The smallest absolute Gasteiger partial charge is 0.127 e. The summed E-state index contributed by atoms with van der Waals surface area (Å²) < 4.78 is 13.7. The van der Waals surface area contributed by atoms with Crippen molar-refractivity contribution >= 4 is 11.6 Å². The first-order chi connectivity index (χ1) is 9.16. The Morgan fingerprint density at radius 3 is 2.68 bits per heavy atom. The van der Waals surface area contributed by atoms with E-state index in [1.54, 1.807) is 12.1 Å². The molecule has 0 aromatic heterocycles. The molecule has 2 N–H and O–H groups in total. The molecule has 1 atom stereocenters. The number of benzene rings is 1. The van der Waals surface area contributed by atoms with Crippen molar-refractivity contribution in [2.75, 3.05) is 0 Å². The quantitative estimate of drug-likeness (QED) is 0.832. The van der Waals surface area contributed by atoms with Gasteiger partial charge in [-0.3, -0.25) is 0 Å². The normalized spacial score (nSPS) is 18.5. The molecular weight excluding hydrogens is 261 g/mol. The molecule has 1 aromatic rings. The lowest BCUT2D eigenvalue weighted by Gasteiger charge is -2.23. The Morgan fingerprint density at radius 2 is 2.00 bits per heavy atom. The van der Waals surface area contributed by atoms with E-state index in [4.69, 9.17) is 17.3 Å². The third-order valence-corrected chi connectivity index (χ3v) is 4.55. The molecule has 0 radical (unpaired) electrons. The minimum Gasteiger partial charge on any atom is -0.327 e. The van der Waals surface area contributed by atoms with Crippen molar-refractivity contribution in [1.82, 2.24) is 0 Å². The molecule has 1 aliphatic rings. The molecule has 1 aromatic carbocycles.